The highest BCUT2D eigenvalue weighted by Crippen LogP contribution is 2.24. The number of thioether (sulfide) groups is 1. The fourth-order valence-electron chi connectivity index (χ4n) is 2.33. The first kappa shape index (κ1) is 24.8. The Morgan fingerprint density at radius 2 is 1.97 bits per heavy atom. The molecule has 0 saturated carbocycles. The van der Waals surface area contributed by atoms with E-state index in [1.165, 1.54) is 16.8 Å². The zero-order valence-electron chi connectivity index (χ0n) is 15.7. The van der Waals surface area contributed by atoms with Crippen LogP contribution in [0.2, 0.25) is 0 Å². The zero-order valence-corrected chi connectivity index (χ0v) is 18.1. The van der Waals surface area contributed by atoms with Gasteiger partial charge >= 0.3 is 6.18 Å². The fourth-order valence-corrected chi connectivity index (χ4v) is 3.52. The van der Waals surface area contributed by atoms with Gasteiger partial charge in [-0.15, -0.1) is 0 Å². The largest absolute Gasteiger partial charge is 0.542 e. The normalized spacial score (nSPS) is 10.9. The number of aliphatic carboxylic acids is 1. The van der Waals surface area contributed by atoms with Gasteiger partial charge in [-0.25, -0.2) is 9.13 Å². The minimum absolute atomic E-state index is 0.123. The van der Waals surface area contributed by atoms with Crippen LogP contribution in [0, 0.1) is 0 Å². The van der Waals surface area contributed by atoms with Crippen LogP contribution in [0.25, 0.3) is 0 Å². The van der Waals surface area contributed by atoms with E-state index in [0.29, 0.717) is 16.6 Å². The Bertz CT molecular complexity index is 888. The quantitative estimate of drug-likeness (QED) is 0.479. The Labute approximate surface area is 177 Å². The number of nitrogens with one attached hydrogen (secondary N) is 1. The van der Waals surface area contributed by atoms with E-state index in [-0.39, 0.29) is 11.7 Å². The van der Waals surface area contributed by atoms with Crippen molar-refractivity contribution < 1.29 is 37.5 Å². The number of halogens is 4. The molecule has 0 spiro atoms. The number of hydrogen-bond donors (Lipinski definition) is 2. The average molecular weight is 498 g/mol. The van der Waals surface area contributed by atoms with Crippen LogP contribution < -0.4 is 15.0 Å². The maximum atomic E-state index is 12.1. The lowest BCUT2D eigenvalue weighted by atomic mass is 10.2. The summed E-state index contributed by atoms with van der Waals surface area (Å²) in [5, 5.41) is 22.3. The number of carboxylic acid groups (broad SMARTS) is 1. The number of nitrogens with zero attached hydrogens (tertiary/aromatic N) is 2. The Kier molecular flexibility index (Phi) is 9.02. The van der Waals surface area contributed by atoms with Crippen LogP contribution in [-0.2, 0) is 25.3 Å². The minimum atomic E-state index is -5.19. The Balaban J connectivity index is 0.000000516. The van der Waals surface area contributed by atoms with Gasteiger partial charge in [-0.2, -0.15) is 13.2 Å². The highest BCUT2D eigenvalue weighted by molar-refractivity contribution is 9.10. The smallest absolute Gasteiger partial charge is 0.430 e. The Hall–Kier alpha value is -2.21. The van der Waals surface area contributed by atoms with Crippen LogP contribution in [-0.4, -0.2) is 40.5 Å². The van der Waals surface area contributed by atoms with Gasteiger partial charge in [0.1, 0.15) is 11.7 Å². The van der Waals surface area contributed by atoms with Crippen LogP contribution >= 0.6 is 27.7 Å². The number of benzene rings is 1. The van der Waals surface area contributed by atoms with Gasteiger partial charge in [0, 0.05) is 18.5 Å². The third kappa shape index (κ3) is 7.28. The van der Waals surface area contributed by atoms with Crippen molar-refractivity contribution >= 4 is 39.6 Å². The van der Waals surface area contributed by atoms with Crippen LogP contribution in [0.4, 0.5) is 13.2 Å². The summed E-state index contributed by atoms with van der Waals surface area (Å²) in [5.74, 6) is -3.03. The van der Waals surface area contributed by atoms with Gasteiger partial charge in [-0.05, 0) is 40.4 Å². The van der Waals surface area contributed by atoms with Gasteiger partial charge in [0.25, 0.3) is 5.91 Å². The number of carboxylic acids is 1. The number of phenolic OH excluding ortho intramolecular Hbond substituents is 1. The molecule has 12 heteroatoms. The van der Waals surface area contributed by atoms with Crippen molar-refractivity contribution in [3.05, 3.63) is 40.3 Å². The molecule has 0 atom stereocenters. The van der Waals surface area contributed by atoms with E-state index < -0.39 is 12.1 Å². The van der Waals surface area contributed by atoms with E-state index in [1.54, 1.807) is 23.9 Å². The van der Waals surface area contributed by atoms with Gasteiger partial charge < -0.3 is 20.3 Å². The van der Waals surface area contributed by atoms with Crippen molar-refractivity contribution in [2.45, 2.75) is 17.6 Å². The summed E-state index contributed by atoms with van der Waals surface area (Å²) in [6, 6.07) is 4.72. The maximum Gasteiger partial charge on any atom is 0.430 e. The molecule has 0 unspecified atom stereocenters. The highest BCUT2D eigenvalue weighted by Gasteiger charge is 2.28. The number of hydrogen-bond acceptors (Lipinski definition) is 5. The molecule has 0 bridgehead atoms. The number of carbonyl (C=O) groups is 2. The molecule has 2 aromatic rings. The van der Waals surface area contributed by atoms with E-state index in [4.69, 9.17) is 9.90 Å². The molecule has 0 fully saturated rings. The number of alkyl halides is 3. The van der Waals surface area contributed by atoms with Crippen LogP contribution in [0.3, 0.4) is 0 Å². The fraction of sp³-hybridized carbons (Fsp3) is 0.353. The van der Waals surface area contributed by atoms with E-state index >= 15 is 0 Å². The number of imidazole rings is 1. The molecule has 0 aliphatic carbocycles. The minimum Gasteiger partial charge on any atom is -0.542 e. The van der Waals surface area contributed by atoms with Gasteiger partial charge in [-0.1, -0.05) is 11.8 Å². The zero-order chi connectivity index (χ0) is 22.4. The van der Waals surface area contributed by atoms with E-state index in [0.717, 1.165) is 6.42 Å². The second-order valence-corrected chi connectivity index (χ2v) is 7.40. The molecule has 2 N–H and O–H groups in total. The number of carbonyl (C=O) groups excluding carboxylic acids is 2. The first-order chi connectivity index (χ1) is 13.4. The molecule has 0 saturated heterocycles. The number of rotatable bonds is 5. The molecule has 0 aliphatic heterocycles. The lowest BCUT2D eigenvalue weighted by molar-refractivity contribution is -0.707. The van der Waals surface area contributed by atoms with Gasteiger partial charge in [0.05, 0.1) is 18.6 Å². The summed E-state index contributed by atoms with van der Waals surface area (Å²) in [6.45, 7) is 0.558. The summed E-state index contributed by atoms with van der Waals surface area (Å²) in [7, 11) is 4.02. The number of aromatic nitrogens is 2. The van der Waals surface area contributed by atoms with E-state index in [9.17, 15) is 23.1 Å². The second-order valence-electron chi connectivity index (χ2n) is 5.75. The van der Waals surface area contributed by atoms with Crippen molar-refractivity contribution in [2.24, 2.45) is 14.1 Å². The molecular formula is C17H19BrF3N3O4S. The van der Waals surface area contributed by atoms with E-state index in [2.05, 4.69) is 30.4 Å². The highest BCUT2D eigenvalue weighted by atomic mass is 79.9. The SMILES string of the molecule is CSc1c(CCNC(=O)c2ccc(O)c(Br)c2)n(C)c[n+]1C.O=C([O-])C(F)(F)F. The number of phenols is 1. The predicted molar refractivity (Wildman–Crippen MR) is 101 cm³/mol. The van der Waals surface area contributed by atoms with Crippen molar-refractivity contribution in [1.82, 2.24) is 9.88 Å². The van der Waals surface area contributed by atoms with Crippen LogP contribution in [0.15, 0.2) is 34.0 Å². The first-order valence-electron chi connectivity index (χ1n) is 8.01. The third-order valence-electron chi connectivity index (χ3n) is 3.62. The third-order valence-corrected chi connectivity index (χ3v) is 5.17. The van der Waals surface area contributed by atoms with Crippen molar-refractivity contribution in [3.8, 4) is 5.75 Å². The lowest BCUT2D eigenvalue weighted by Gasteiger charge is -2.06. The molecule has 0 radical (unpaired) electrons. The maximum absolute atomic E-state index is 12.1. The van der Waals surface area contributed by atoms with Crippen molar-refractivity contribution in [2.75, 3.05) is 12.8 Å². The number of aromatic hydroxyl groups is 1. The van der Waals surface area contributed by atoms with Crippen LogP contribution in [0.1, 0.15) is 16.1 Å². The predicted octanol–water partition coefficient (Wildman–Crippen LogP) is 1.31. The molecule has 2 rings (SSSR count). The summed E-state index contributed by atoms with van der Waals surface area (Å²) in [6.07, 6.45) is -0.357. The summed E-state index contributed by atoms with van der Waals surface area (Å²) in [4.78, 5) is 20.9. The number of aryl methyl sites for hydroxylation is 2. The van der Waals surface area contributed by atoms with Crippen molar-refractivity contribution in [3.63, 3.8) is 0 Å². The van der Waals surface area contributed by atoms with Gasteiger partial charge in [-0.3, -0.25) is 4.79 Å². The topological polar surface area (TPSA) is 98.3 Å². The van der Waals surface area contributed by atoms with Crippen molar-refractivity contribution in [1.29, 1.82) is 0 Å². The molecule has 1 amide bonds. The first-order valence-corrected chi connectivity index (χ1v) is 10.0. The second kappa shape index (κ2) is 10.5. The molecule has 29 heavy (non-hydrogen) atoms. The Morgan fingerprint density at radius 1 is 1.38 bits per heavy atom. The Morgan fingerprint density at radius 3 is 2.45 bits per heavy atom. The molecule has 0 aliphatic rings. The average Bonchev–Trinajstić information content (AvgIpc) is 2.89. The molecule has 1 aromatic heterocycles. The summed E-state index contributed by atoms with van der Waals surface area (Å²) >= 11 is 4.91. The summed E-state index contributed by atoms with van der Waals surface area (Å²) in [5.41, 5.74) is 1.72. The number of amides is 1. The molecular weight excluding hydrogens is 479 g/mol. The molecule has 160 valence electrons. The van der Waals surface area contributed by atoms with E-state index in [1.807, 2.05) is 26.7 Å². The molecule has 1 aromatic carbocycles. The van der Waals surface area contributed by atoms with Crippen LogP contribution in [0.5, 0.6) is 5.75 Å². The molecule has 1 heterocycles. The van der Waals surface area contributed by atoms with Gasteiger partial charge in [0.2, 0.25) is 11.4 Å². The molecule has 7 nitrogen and oxygen atoms in total. The van der Waals surface area contributed by atoms with Gasteiger partial charge in [0.15, 0.2) is 5.69 Å². The monoisotopic (exact) mass is 497 g/mol. The standard InChI is InChI=1S/C15H18BrN3O2S.C2HF3O2/c1-18-9-19(2)15(22-3)12(18)6-7-17-14(21)10-4-5-13(20)11(16)8-10;3-2(4,5)1(6)7/h4-5,8-9H,6-7H2,1-3H3,(H-,17,20,21);(H,6,7). The lowest BCUT2D eigenvalue weighted by Crippen LogP contribution is -2.37. The summed E-state index contributed by atoms with van der Waals surface area (Å²) < 4.78 is 36.2.